The Labute approximate surface area is 181 Å². The van der Waals surface area contributed by atoms with Crippen LogP contribution in [0, 0.1) is 5.92 Å². The van der Waals surface area contributed by atoms with Gasteiger partial charge in [0.2, 0.25) is 5.91 Å². The normalized spacial score (nSPS) is 18.3. The summed E-state index contributed by atoms with van der Waals surface area (Å²) in [6, 6.07) is 12.2. The fourth-order valence-corrected chi connectivity index (χ4v) is 4.71. The lowest BCUT2D eigenvalue weighted by Crippen LogP contribution is -2.42. The van der Waals surface area contributed by atoms with Crippen molar-refractivity contribution in [2.24, 2.45) is 5.92 Å². The minimum absolute atomic E-state index is 0.0158. The molecule has 2 aliphatic rings. The summed E-state index contributed by atoms with van der Waals surface area (Å²) in [5.41, 5.74) is 2.40. The monoisotopic (exact) mass is 427 g/mol. The summed E-state index contributed by atoms with van der Waals surface area (Å²) in [5.74, 6) is 0.162. The number of likely N-dealkylation sites (tertiary alicyclic amines) is 1. The zero-order valence-corrected chi connectivity index (χ0v) is 18.0. The Morgan fingerprint density at radius 2 is 1.70 bits per heavy atom. The van der Waals surface area contributed by atoms with Gasteiger partial charge in [-0.3, -0.25) is 14.5 Å². The summed E-state index contributed by atoms with van der Waals surface area (Å²) >= 11 is 1.47. The van der Waals surface area contributed by atoms with Gasteiger partial charge in [-0.05, 0) is 35.4 Å². The summed E-state index contributed by atoms with van der Waals surface area (Å²) < 4.78 is 5.39. The fourth-order valence-electron chi connectivity index (χ4n) is 4.01. The standard InChI is InChI=1S/C23H29N3O3S/c27-22(20-7-9-26(10-8-20)23(28)21-2-1-15-30-21)24-16-18-3-5-19(6-4-18)17-25-11-13-29-14-12-25/h1-6,15,20H,7-14,16-17H2,(H,24,27). The van der Waals surface area contributed by atoms with E-state index in [1.165, 1.54) is 16.9 Å². The second-order valence-electron chi connectivity index (χ2n) is 7.97. The first-order chi connectivity index (χ1) is 14.7. The number of amides is 2. The Morgan fingerprint density at radius 3 is 2.37 bits per heavy atom. The second kappa shape index (κ2) is 10.2. The van der Waals surface area contributed by atoms with Crippen molar-refractivity contribution in [3.63, 3.8) is 0 Å². The fraction of sp³-hybridized carbons (Fsp3) is 0.478. The van der Waals surface area contributed by atoms with E-state index in [0.29, 0.717) is 19.6 Å². The van der Waals surface area contributed by atoms with Gasteiger partial charge < -0.3 is 15.0 Å². The first-order valence-electron chi connectivity index (χ1n) is 10.7. The third-order valence-electron chi connectivity index (χ3n) is 5.88. The predicted molar refractivity (Wildman–Crippen MR) is 117 cm³/mol. The van der Waals surface area contributed by atoms with Crippen molar-refractivity contribution in [1.82, 2.24) is 15.1 Å². The van der Waals surface area contributed by atoms with Crippen molar-refractivity contribution in [1.29, 1.82) is 0 Å². The van der Waals surface area contributed by atoms with Gasteiger partial charge >= 0.3 is 0 Å². The smallest absolute Gasteiger partial charge is 0.263 e. The molecule has 0 aliphatic carbocycles. The third-order valence-corrected chi connectivity index (χ3v) is 6.74. The molecule has 0 atom stereocenters. The molecule has 7 heteroatoms. The Bertz CT molecular complexity index is 824. The van der Waals surface area contributed by atoms with Crippen molar-refractivity contribution in [3.05, 3.63) is 57.8 Å². The van der Waals surface area contributed by atoms with Gasteiger partial charge in [0, 0.05) is 45.2 Å². The molecule has 30 heavy (non-hydrogen) atoms. The molecule has 2 aliphatic heterocycles. The van der Waals surface area contributed by atoms with Gasteiger partial charge in [0.25, 0.3) is 5.91 Å². The number of piperidine rings is 1. The average molecular weight is 428 g/mol. The summed E-state index contributed by atoms with van der Waals surface area (Å²) in [6.45, 7) is 6.36. The van der Waals surface area contributed by atoms with Crippen LogP contribution >= 0.6 is 11.3 Å². The Hall–Kier alpha value is -2.22. The van der Waals surface area contributed by atoms with Crippen LogP contribution in [-0.2, 0) is 22.6 Å². The summed E-state index contributed by atoms with van der Waals surface area (Å²) in [7, 11) is 0. The van der Waals surface area contributed by atoms with Crippen LogP contribution in [0.4, 0.5) is 0 Å². The maximum absolute atomic E-state index is 12.6. The van der Waals surface area contributed by atoms with Gasteiger partial charge in [-0.2, -0.15) is 0 Å². The molecule has 1 N–H and O–H groups in total. The maximum Gasteiger partial charge on any atom is 0.263 e. The van der Waals surface area contributed by atoms with Crippen LogP contribution in [0.1, 0.15) is 33.6 Å². The molecule has 6 nitrogen and oxygen atoms in total. The van der Waals surface area contributed by atoms with E-state index in [4.69, 9.17) is 4.74 Å². The van der Waals surface area contributed by atoms with Crippen LogP contribution in [0.5, 0.6) is 0 Å². The molecule has 2 fully saturated rings. The van der Waals surface area contributed by atoms with E-state index < -0.39 is 0 Å². The summed E-state index contributed by atoms with van der Waals surface area (Å²) in [4.78, 5) is 30.0. The van der Waals surface area contributed by atoms with Gasteiger partial charge in [-0.1, -0.05) is 30.3 Å². The molecule has 0 bridgehead atoms. The Kier molecular flexibility index (Phi) is 7.15. The van der Waals surface area contributed by atoms with Gasteiger partial charge in [-0.15, -0.1) is 11.3 Å². The van der Waals surface area contributed by atoms with E-state index in [-0.39, 0.29) is 17.7 Å². The van der Waals surface area contributed by atoms with Gasteiger partial charge in [0.1, 0.15) is 0 Å². The highest BCUT2D eigenvalue weighted by molar-refractivity contribution is 7.12. The van der Waals surface area contributed by atoms with Crippen molar-refractivity contribution in [2.75, 3.05) is 39.4 Å². The highest BCUT2D eigenvalue weighted by Crippen LogP contribution is 2.21. The molecular formula is C23H29N3O3S. The molecule has 3 heterocycles. The molecule has 2 amide bonds. The second-order valence-corrected chi connectivity index (χ2v) is 8.91. The van der Waals surface area contributed by atoms with Crippen molar-refractivity contribution in [2.45, 2.75) is 25.9 Å². The van der Waals surface area contributed by atoms with Gasteiger partial charge in [0.15, 0.2) is 0 Å². The van der Waals surface area contributed by atoms with E-state index in [1.54, 1.807) is 0 Å². The van der Waals surface area contributed by atoms with Gasteiger partial charge in [0.05, 0.1) is 18.1 Å². The Morgan fingerprint density at radius 1 is 1.00 bits per heavy atom. The van der Waals surface area contributed by atoms with E-state index >= 15 is 0 Å². The third kappa shape index (κ3) is 5.47. The van der Waals surface area contributed by atoms with Crippen LogP contribution in [0.15, 0.2) is 41.8 Å². The highest BCUT2D eigenvalue weighted by Gasteiger charge is 2.28. The number of morpholine rings is 1. The molecule has 1 aromatic heterocycles. The Balaban J connectivity index is 1.20. The zero-order chi connectivity index (χ0) is 20.8. The SMILES string of the molecule is O=C(NCc1ccc(CN2CCOCC2)cc1)C1CCN(C(=O)c2cccs2)CC1. The van der Waals surface area contributed by atoms with Crippen LogP contribution in [-0.4, -0.2) is 61.0 Å². The molecule has 0 saturated carbocycles. The van der Waals surface area contributed by atoms with Crippen molar-refractivity contribution >= 4 is 23.2 Å². The quantitative estimate of drug-likeness (QED) is 0.770. The highest BCUT2D eigenvalue weighted by atomic mass is 32.1. The number of carbonyl (C=O) groups excluding carboxylic acids is 2. The lowest BCUT2D eigenvalue weighted by molar-refractivity contribution is -0.126. The van der Waals surface area contributed by atoms with Crippen LogP contribution < -0.4 is 5.32 Å². The maximum atomic E-state index is 12.6. The van der Waals surface area contributed by atoms with E-state index in [2.05, 4.69) is 34.5 Å². The van der Waals surface area contributed by atoms with Gasteiger partial charge in [-0.25, -0.2) is 0 Å². The largest absolute Gasteiger partial charge is 0.379 e. The molecule has 4 rings (SSSR count). The number of nitrogens with one attached hydrogen (secondary N) is 1. The topological polar surface area (TPSA) is 61.9 Å². The predicted octanol–water partition coefficient (Wildman–Crippen LogP) is 2.75. The molecule has 0 radical (unpaired) electrons. The number of ether oxygens (including phenoxy) is 1. The number of hydrogen-bond acceptors (Lipinski definition) is 5. The minimum Gasteiger partial charge on any atom is -0.379 e. The number of benzene rings is 1. The summed E-state index contributed by atoms with van der Waals surface area (Å²) in [6.07, 6.45) is 1.45. The van der Waals surface area contributed by atoms with E-state index in [0.717, 1.165) is 56.1 Å². The molecule has 0 spiro atoms. The molecule has 2 aromatic rings. The van der Waals surface area contributed by atoms with Crippen molar-refractivity contribution in [3.8, 4) is 0 Å². The number of rotatable bonds is 6. The number of hydrogen-bond donors (Lipinski definition) is 1. The minimum atomic E-state index is -0.0158. The average Bonchev–Trinajstić information content (AvgIpc) is 3.34. The molecule has 2 saturated heterocycles. The van der Waals surface area contributed by atoms with E-state index in [9.17, 15) is 9.59 Å². The summed E-state index contributed by atoms with van der Waals surface area (Å²) in [5, 5.41) is 4.99. The molecule has 0 unspecified atom stereocenters. The van der Waals surface area contributed by atoms with Crippen molar-refractivity contribution < 1.29 is 14.3 Å². The first-order valence-corrected chi connectivity index (χ1v) is 11.6. The molecule has 1 aromatic carbocycles. The zero-order valence-electron chi connectivity index (χ0n) is 17.2. The number of nitrogens with zero attached hydrogens (tertiary/aromatic N) is 2. The van der Waals surface area contributed by atoms with Crippen LogP contribution in [0.3, 0.4) is 0 Å². The lowest BCUT2D eigenvalue weighted by Gasteiger charge is -2.31. The van der Waals surface area contributed by atoms with Crippen LogP contribution in [0.25, 0.3) is 0 Å². The number of thiophene rings is 1. The molecule has 160 valence electrons. The molecular weight excluding hydrogens is 398 g/mol. The lowest BCUT2D eigenvalue weighted by atomic mass is 9.95. The van der Waals surface area contributed by atoms with E-state index in [1.807, 2.05) is 22.4 Å². The number of carbonyl (C=O) groups is 2. The van der Waals surface area contributed by atoms with Crippen LogP contribution in [0.2, 0.25) is 0 Å². The first kappa shape index (κ1) is 21.0.